The molecule has 0 bridgehead atoms. The van der Waals surface area contributed by atoms with Crippen molar-refractivity contribution in [1.29, 1.82) is 0 Å². The van der Waals surface area contributed by atoms with Crippen LogP contribution in [-0.4, -0.2) is 20.5 Å². The highest BCUT2D eigenvalue weighted by molar-refractivity contribution is 7.99. The molecule has 0 radical (unpaired) electrons. The van der Waals surface area contributed by atoms with E-state index in [2.05, 4.69) is 45.9 Å². The maximum absolute atomic E-state index is 4.63. The van der Waals surface area contributed by atoms with Gasteiger partial charge in [0.25, 0.3) is 0 Å². The van der Waals surface area contributed by atoms with E-state index in [0.717, 1.165) is 24.2 Å². The van der Waals surface area contributed by atoms with Crippen molar-refractivity contribution in [3.63, 3.8) is 0 Å². The highest BCUT2D eigenvalue weighted by Gasteiger charge is 2.20. The van der Waals surface area contributed by atoms with Crippen LogP contribution in [0.3, 0.4) is 0 Å². The van der Waals surface area contributed by atoms with Crippen LogP contribution in [0.1, 0.15) is 23.6 Å². The SMILES string of the molecule is Cn1cc(CN[C@@H]2CCSc3ccccc32)c(-c2ccncc2)n1. The molecule has 1 aromatic carbocycles. The Morgan fingerprint density at radius 1 is 1.21 bits per heavy atom. The first kappa shape index (κ1) is 15.4. The lowest BCUT2D eigenvalue weighted by Crippen LogP contribution is -2.24. The minimum Gasteiger partial charge on any atom is -0.306 e. The van der Waals surface area contributed by atoms with Gasteiger partial charge in [-0.25, -0.2) is 0 Å². The Bertz CT molecular complexity index is 828. The highest BCUT2D eigenvalue weighted by Crippen LogP contribution is 2.36. The van der Waals surface area contributed by atoms with Gasteiger partial charge in [0.15, 0.2) is 0 Å². The van der Waals surface area contributed by atoms with Crippen LogP contribution in [0.4, 0.5) is 0 Å². The zero-order valence-corrected chi connectivity index (χ0v) is 14.5. The number of rotatable bonds is 4. The molecule has 0 unspecified atom stereocenters. The maximum Gasteiger partial charge on any atom is 0.0969 e. The number of aryl methyl sites for hydroxylation is 1. The number of benzene rings is 1. The molecule has 4 nitrogen and oxygen atoms in total. The van der Waals surface area contributed by atoms with Gasteiger partial charge < -0.3 is 5.32 Å². The predicted molar refractivity (Wildman–Crippen MR) is 97.8 cm³/mol. The van der Waals surface area contributed by atoms with Crippen LogP contribution < -0.4 is 5.32 Å². The Labute approximate surface area is 146 Å². The van der Waals surface area contributed by atoms with Gasteiger partial charge in [-0.15, -0.1) is 11.8 Å². The summed E-state index contributed by atoms with van der Waals surface area (Å²) >= 11 is 1.95. The van der Waals surface area contributed by atoms with Gasteiger partial charge in [0.05, 0.1) is 5.69 Å². The van der Waals surface area contributed by atoms with Crippen molar-refractivity contribution in [3.8, 4) is 11.3 Å². The zero-order valence-electron chi connectivity index (χ0n) is 13.6. The third-order valence-corrected chi connectivity index (χ3v) is 5.48. The van der Waals surface area contributed by atoms with E-state index in [1.807, 2.05) is 48.0 Å². The number of hydrogen-bond acceptors (Lipinski definition) is 4. The molecule has 4 rings (SSSR count). The summed E-state index contributed by atoms with van der Waals surface area (Å²) in [4.78, 5) is 5.50. The van der Waals surface area contributed by atoms with Crippen LogP contribution in [-0.2, 0) is 13.6 Å². The molecule has 1 N–H and O–H groups in total. The van der Waals surface area contributed by atoms with Crippen molar-refractivity contribution in [2.24, 2.45) is 7.05 Å². The van der Waals surface area contributed by atoms with E-state index in [-0.39, 0.29) is 0 Å². The van der Waals surface area contributed by atoms with E-state index >= 15 is 0 Å². The summed E-state index contributed by atoms with van der Waals surface area (Å²) in [7, 11) is 1.97. The molecule has 1 atom stereocenters. The van der Waals surface area contributed by atoms with Gasteiger partial charge in [0, 0.05) is 54.2 Å². The Morgan fingerprint density at radius 2 is 2.04 bits per heavy atom. The average molecular weight is 336 g/mol. The first-order chi connectivity index (χ1) is 11.8. The molecule has 0 spiro atoms. The Kier molecular flexibility index (Phi) is 4.36. The number of nitrogens with one attached hydrogen (secondary N) is 1. The summed E-state index contributed by atoms with van der Waals surface area (Å²) in [5.74, 6) is 1.17. The van der Waals surface area contributed by atoms with E-state index in [9.17, 15) is 0 Å². The van der Waals surface area contributed by atoms with Crippen molar-refractivity contribution in [3.05, 3.63) is 66.1 Å². The number of hydrogen-bond donors (Lipinski definition) is 1. The Morgan fingerprint density at radius 3 is 2.92 bits per heavy atom. The van der Waals surface area contributed by atoms with E-state index < -0.39 is 0 Å². The fourth-order valence-electron chi connectivity index (χ4n) is 3.21. The van der Waals surface area contributed by atoms with Crippen LogP contribution in [0, 0.1) is 0 Å². The second kappa shape index (κ2) is 6.79. The van der Waals surface area contributed by atoms with Gasteiger partial charge in [-0.1, -0.05) is 18.2 Å². The van der Waals surface area contributed by atoms with Gasteiger partial charge in [-0.05, 0) is 35.9 Å². The normalized spacial score (nSPS) is 16.8. The summed E-state index contributed by atoms with van der Waals surface area (Å²) in [6.45, 7) is 0.815. The third kappa shape index (κ3) is 3.09. The zero-order chi connectivity index (χ0) is 16.4. The monoisotopic (exact) mass is 336 g/mol. The predicted octanol–water partition coefficient (Wildman–Crippen LogP) is 3.81. The highest BCUT2D eigenvalue weighted by atomic mass is 32.2. The van der Waals surface area contributed by atoms with Crippen molar-refractivity contribution in [2.75, 3.05) is 5.75 Å². The molecule has 5 heteroatoms. The molecule has 0 aliphatic carbocycles. The van der Waals surface area contributed by atoms with Crippen LogP contribution >= 0.6 is 11.8 Å². The number of thioether (sulfide) groups is 1. The molecule has 3 heterocycles. The molecule has 1 aliphatic heterocycles. The van der Waals surface area contributed by atoms with Gasteiger partial charge in [-0.2, -0.15) is 5.10 Å². The number of fused-ring (bicyclic) bond motifs is 1. The molecular weight excluding hydrogens is 316 g/mol. The van der Waals surface area contributed by atoms with Crippen LogP contribution in [0.5, 0.6) is 0 Å². The number of pyridine rings is 1. The topological polar surface area (TPSA) is 42.7 Å². The second-order valence-corrected chi connectivity index (χ2v) is 7.16. The summed E-state index contributed by atoms with van der Waals surface area (Å²) in [5, 5.41) is 8.37. The number of nitrogens with zero attached hydrogens (tertiary/aromatic N) is 3. The minimum atomic E-state index is 0.410. The quantitative estimate of drug-likeness (QED) is 0.787. The number of aromatic nitrogens is 3. The standard InChI is InChI=1S/C19H20N4S/c1-23-13-15(19(22-23)14-6-9-20-10-7-14)12-21-17-8-11-24-18-5-3-2-4-16(17)18/h2-7,9-10,13,17,21H,8,11-12H2,1H3/t17-/m1/s1. The Balaban J connectivity index is 1.56. The molecule has 1 aliphatic rings. The van der Waals surface area contributed by atoms with E-state index in [4.69, 9.17) is 0 Å². The fourth-order valence-corrected chi connectivity index (χ4v) is 4.33. The van der Waals surface area contributed by atoms with E-state index in [1.54, 1.807) is 0 Å². The molecular formula is C19H20N4S. The summed E-state index contributed by atoms with van der Waals surface area (Å²) in [6.07, 6.45) is 6.89. The van der Waals surface area contributed by atoms with Gasteiger partial charge in [-0.3, -0.25) is 9.67 Å². The lowest BCUT2D eigenvalue weighted by Gasteiger charge is -2.26. The summed E-state index contributed by atoms with van der Waals surface area (Å²) < 4.78 is 1.89. The maximum atomic E-state index is 4.63. The summed E-state index contributed by atoms with van der Waals surface area (Å²) in [5.41, 5.74) is 4.79. The second-order valence-electron chi connectivity index (χ2n) is 6.02. The van der Waals surface area contributed by atoms with Gasteiger partial charge >= 0.3 is 0 Å². The van der Waals surface area contributed by atoms with E-state index in [0.29, 0.717) is 6.04 Å². The third-order valence-electron chi connectivity index (χ3n) is 4.36. The van der Waals surface area contributed by atoms with Crippen LogP contribution in [0.15, 0.2) is 59.9 Å². The fraction of sp³-hybridized carbons (Fsp3) is 0.263. The van der Waals surface area contributed by atoms with Crippen molar-refractivity contribution < 1.29 is 0 Å². The smallest absolute Gasteiger partial charge is 0.0969 e. The lowest BCUT2D eigenvalue weighted by atomic mass is 10.0. The molecule has 0 saturated carbocycles. The molecule has 0 saturated heterocycles. The molecule has 2 aromatic heterocycles. The molecule has 24 heavy (non-hydrogen) atoms. The first-order valence-corrected chi connectivity index (χ1v) is 9.18. The van der Waals surface area contributed by atoms with Gasteiger partial charge in [0.2, 0.25) is 0 Å². The van der Waals surface area contributed by atoms with Crippen molar-refractivity contribution in [1.82, 2.24) is 20.1 Å². The molecule has 122 valence electrons. The van der Waals surface area contributed by atoms with Crippen LogP contribution in [0.25, 0.3) is 11.3 Å². The molecule has 0 fully saturated rings. The molecule has 0 amide bonds. The van der Waals surface area contributed by atoms with Gasteiger partial charge in [0.1, 0.15) is 0 Å². The lowest BCUT2D eigenvalue weighted by molar-refractivity contribution is 0.510. The molecule has 3 aromatic rings. The largest absolute Gasteiger partial charge is 0.306 e. The van der Waals surface area contributed by atoms with Crippen LogP contribution in [0.2, 0.25) is 0 Å². The minimum absolute atomic E-state index is 0.410. The summed E-state index contributed by atoms with van der Waals surface area (Å²) in [6, 6.07) is 13.2. The van der Waals surface area contributed by atoms with Crippen molar-refractivity contribution in [2.45, 2.75) is 23.9 Å². The average Bonchev–Trinajstić information content (AvgIpc) is 3.01. The first-order valence-electron chi connectivity index (χ1n) is 8.19. The Hall–Kier alpha value is -2.11. The van der Waals surface area contributed by atoms with E-state index in [1.165, 1.54) is 21.8 Å². The van der Waals surface area contributed by atoms with Crippen molar-refractivity contribution >= 4 is 11.8 Å².